The topological polar surface area (TPSA) is 141 Å². The zero-order chi connectivity index (χ0) is 19.5. The number of hydrogen-bond acceptors (Lipinski definition) is 7. The second-order valence-electron chi connectivity index (χ2n) is 6.80. The highest BCUT2D eigenvalue weighted by molar-refractivity contribution is 8.13. The average molecular weight is 375 g/mol. The Kier molecular flexibility index (Phi) is 7.16. The van der Waals surface area contributed by atoms with E-state index in [4.69, 9.17) is 5.11 Å². The summed E-state index contributed by atoms with van der Waals surface area (Å²) >= 11 is 0.598. The van der Waals surface area contributed by atoms with Gasteiger partial charge >= 0.3 is 5.97 Å². The van der Waals surface area contributed by atoms with Crippen LogP contribution in [0.15, 0.2) is 0 Å². The Hall–Kier alpha value is -1.45. The van der Waals surface area contributed by atoms with Crippen LogP contribution >= 0.6 is 11.8 Å². The number of carbonyl (C=O) groups excluding carboxylic acids is 3. The molecule has 0 spiro atoms. The van der Waals surface area contributed by atoms with Gasteiger partial charge in [-0.05, 0) is 5.92 Å². The average Bonchev–Trinajstić information content (AvgIpc) is 2.74. The highest BCUT2D eigenvalue weighted by Crippen LogP contribution is 2.47. The van der Waals surface area contributed by atoms with Crippen LogP contribution in [0.5, 0.6) is 0 Å². The number of aliphatic hydroxyl groups excluding tert-OH is 2. The van der Waals surface area contributed by atoms with E-state index in [-0.39, 0.29) is 23.9 Å². The molecule has 0 saturated heterocycles. The van der Waals surface area contributed by atoms with Gasteiger partial charge in [0.1, 0.15) is 11.8 Å². The van der Waals surface area contributed by atoms with Crippen LogP contribution in [0, 0.1) is 17.3 Å². The largest absolute Gasteiger partial charge is 0.480 e. The van der Waals surface area contributed by atoms with E-state index in [0.717, 1.165) is 6.92 Å². The van der Waals surface area contributed by atoms with E-state index in [1.165, 1.54) is 6.92 Å². The van der Waals surface area contributed by atoms with Gasteiger partial charge < -0.3 is 20.6 Å². The zero-order valence-corrected chi connectivity index (χ0v) is 15.5. The first kappa shape index (κ1) is 21.6. The summed E-state index contributed by atoms with van der Waals surface area (Å²) < 4.78 is 0. The molecule has 8 nitrogen and oxygen atoms in total. The molecule has 1 rings (SSSR count). The van der Waals surface area contributed by atoms with Crippen LogP contribution in [0.2, 0.25) is 0 Å². The molecule has 25 heavy (non-hydrogen) atoms. The van der Waals surface area contributed by atoms with E-state index < -0.39 is 46.6 Å². The Bertz CT molecular complexity index is 565. The van der Waals surface area contributed by atoms with Crippen LogP contribution in [0.4, 0.5) is 0 Å². The number of thioether (sulfide) groups is 1. The summed E-state index contributed by atoms with van der Waals surface area (Å²) in [6.45, 7) is 5.99. The minimum Gasteiger partial charge on any atom is -0.480 e. The van der Waals surface area contributed by atoms with Crippen molar-refractivity contribution >= 4 is 34.5 Å². The molecule has 0 heterocycles. The van der Waals surface area contributed by atoms with E-state index in [9.17, 15) is 29.4 Å². The SMILES string of the molecule is CC(=O)N[C@@H](CSC(=O)[C@]1([C@@H](O)C(C)C)CC(=O)[C@H](C)[C@@H]1O)C(=O)O. The predicted octanol–water partition coefficient (Wildman–Crippen LogP) is -0.191. The number of rotatable bonds is 7. The lowest BCUT2D eigenvalue weighted by Crippen LogP contribution is -2.51. The first-order valence-electron chi connectivity index (χ1n) is 8.01. The Morgan fingerprint density at radius 3 is 2.28 bits per heavy atom. The van der Waals surface area contributed by atoms with Crippen molar-refractivity contribution in [1.82, 2.24) is 5.32 Å². The predicted molar refractivity (Wildman–Crippen MR) is 90.8 cm³/mol. The van der Waals surface area contributed by atoms with Crippen LogP contribution in [0.3, 0.4) is 0 Å². The van der Waals surface area contributed by atoms with Gasteiger partial charge in [0.15, 0.2) is 0 Å². The van der Waals surface area contributed by atoms with Crippen molar-refractivity contribution in [1.29, 1.82) is 0 Å². The summed E-state index contributed by atoms with van der Waals surface area (Å²) in [7, 11) is 0. The number of hydrogen-bond donors (Lipinski definition) is 4. The number of nitrogens with one attached hydrogen (secondary N) is 1. The van der Waals surface area contributed by atoms with Gasteiger partial charge in [0, 0.05) is 25.0 Å². The van der Waals surface area contributed by atoms with Crippen molar-refractivity contribution in [2.75, 3.05) is 5.75 Å². The minimum absolute atomic E-state index is 0.268. The number of ketones is 1. The van der Waals surface area contributed by atoms with Crippen LogP contribution in [0.1, 0.15) is 34.1 Å². The fraction of sp³-hybridized carbons (Fsp3) is 0.750. The summed E-state index contributed by atoms with van der Waals surface area (Å²) in [6, 6.07) is -1.29. The Balaban J connectivity index is 3.04. The molecule has 0 bridgehead atoms. The first-order valence-corrected chi connectivity index (χ1v) is 8.99. The lowest BCUT2D eigenvalue weighted by Gasteiger charge is -2.37. The Labute approximate surface area is 150 Å². The molecule has 4 N–H and O–H groups in total. The second-order valence-corrected chi connectivity index (χ2v) is 7.79. The van der Waals surface area contributed by atoms with Crippen molar-refractivity contribution in [3.63, 3.8) is 0 Å². The van der Waals surface area contributed by atoms with Gasteiger partial charge in [-0.2, -0.15) is 0 Å². The summed E-state index contributed by atoms with van der Waals surface area (Å²) in [4.78, 5) is 47.1. The van der Waals surface area contributed by atoms with Gasteiger partial charge in [-0.15, -0.1) is 0 Å². The van der Waals surface area contributed by atoms with E-state index >= 15 is 0 Å². The second kappa shape index (κ2) is 8.29. The monoisotopic (exact) mass is 375 g/mol. The number of carboxylic acid groups (broad SMARTS) is 1. The standard InChI is InChI=1S/C16H25NO7S/c1-7(2)12(20)16(5-11(19)8(3)13(16)21)15(24)25-6-10(14(22)23)17-9(4)18/h7-8,10,12-13,20-21H,5-6H2,1-4H3,(H,17,18)(H,22,23)/t8-,10-,12-,13-,16-/m0/s1. The van der Waals surface area contributed by atoms with Crippen molar-refractivity contribution in [2.45, 2.75) is 52.4 Å². The Morgan fingerprint density at radius 1 is 1.36 bits per heavy atom. The number of aliphatic carboxylic acids is 1. The van der Waals surface area contributed by atoms with E-state index in [2.05, 4.69) is 5.32 Å². The van der Waals surface area contributed by atoms with Gasteiger partial charge in [0.2, 0.25) is 11.0 Å². The van der Waals surface area contributed by atoms with Crippen LogP contribution < -0.4 is 5.32 Å². The number of carbonyl (C=O) groups is 4. The highest BCUT2D eigenvalue weighted by atomic mass is 32.2. The molecule has 0 aromatic heterocycles. The zero-order valence-electron chi connectivity index (χ0n) is 14.7. The number of Topliss-reactive ketones (excluding diaryl/α,β-unsaturated/α-hetero) is 1. The molecule has 1 aliphatic carbocycles. The fourth-order valence-electron chi connectivity index (χ4n) is 3.08. The first-order chi connectivity index (χ1) is 11.4. The van der Waals surface area contributed by atoms with Gasteiger partial charge in [0.05, 0.1) is 17.6 Å². The molecule has 0 aromatic carbocycles. The minimum atomic E-state index is -1.67. The fourth-order valence-corrected chi connectivity index (χ4v) is 4.20. The highest BCUT2D eigenvalue weighted by Gasteiger charge is 2.60. The maximum Gasteiger partial charge on any atom is 0.327 e. The lowest BCUT2D eigenvalue weighted by molar-refractivity contribution is -0.141. The molecular weight excluding hydrogens is 350 g/mol. The van der Waals surface area contributed by atoms with Crippen molar-refractivity contribution in [3.8, 4) is 0 Å². The van der Waals surface area contributed by atoms with Gasteiger partial charge in [-0.3, -0.25) is 14.4 Å². The molecule has 1 amide bonds. The number of carboxylic acids is 1. The van der Waals surface area contributed by atoms with E-state index in [0.29, 0.717) is 11.8 Å². The van der Waals surface area contributed by atoms with Gasteiger partial charge in [-0.25, -0.2) is 4.79 Å². The van der Waals surface area contributed by atoms with Crippen LogP contribution in [0.25, 0.3) is 0 Å². The molecule has 0 unspecified atom stereocenters. The summed E-state index contributed by atoms with van der Waals surface area (Å²) in [6.07, 6.45) is -2.89. The lowest BCUT2D eigenvalue weighted by atomic mass is 9.74. The third-order valence-corrected chi connectivity index (χ3v) is 5.71. The molecule has 0 aromatic rings. The number of aliphatic hydroxyl groups is 2. The smallest absolute Gasteiger partial charge is 0.327 e. The molecule has 1 saturated carbocycles. The molecule has 9 heteroatoms. The van der Waals surface area contributed by atoms with Crippen molar-refractivity contribution in [3.05, 3.63) is 0 Å². The molecule has 0 radical (unpaired) electrons. The summed E-state index contributed by atoms with van der Waals surface area (Å²) in [5, 5.41) is 31.7. The Morgan fingerprint density at radius 2 is 1.92 bits per heavy atom. The van der Waals surface area contributed by atoms with Crippen molar-refractivity contribution in [2.24, 2.45) is 17.3 Å². The third-order valence-electron chi connectivity index (χ3n) is 4.57. The molecular formula is C16H25NO7S. The van der Waals surface area contributed by atoms with Gasteiger partial charge in [0.25, 0.3) is 0 Å². The molecule has 0 aliphatic heterocycles. The summed E-state index contributed by atoms with van der Waals surface area (Å²) in [5.74, 6) is -3.62. The van der Waals surface area contributed by atoms with Crippen LogP contribution in [-0.4, -0.2) is 62.1 Å². The molecule has 1 aliphatic rings. The molecule has 1 fully saturated rings. The summed E-state index contributed by atoms with van der Waals surface area (Å²) in [5.41, 5.74) is -1.67. The quantitative estimate of drug-likeness (QED) is 0.480. The van der Waals surface area contributed by atoms with Gasteiger partial charge in [-0.1, -0.05) is 32.5 Å². The maximum atomic E-state index is 12.8. The molecule has 142 valence electrons. The normalized spacial score (nSPS) is 28.7. The van der Waals surface area contributed by atoms with E-state index in [1.807, 2.05) is 0 Å². The molecule has 5 atom stereocenters. The van der Waals surface area contributed by atoms with Crippen molar-refractivity contribution < 1.29 is 34.5 Å². The van der Waals surface area contributed by atoms with E-state index in [1.54, 1.807) is 13.8 Å². The number of amides is 1. The third kappa shape index (κ3) is 4.39. The maximum absolute atomic E-state index is 12.8. The van der Waals surface area contributed by atoms with Crippen LogP contribution in [-0.2, 0) is 19.2 Å².